The second kappa shape index (κ2) is 6.79. The zero-order valence-electron chi connectivity index (χ0n) is 12.0. The van der Waals surface area contributed by atoms with Crippen molar-refractivity contribution < 1.29 is 5.11 Å². The van der Waals surface area contributed by atoms with E-state index in [9.17, 15) is 5.11 Å². The molecule has 3 heteroatoms. The van der Waals surface area contributed by atoms with Gasteiger partial charge >= 0.3 is 0 Å². The molecular formula is C17H19BrOS. The Bertz CT molecular complexity index is 588. The van der Waals surface area contributed by atoms with E-state index in [4.69, 9.17) is 0 Å². The van der Waals surface area contributed by atoms with Gasteiger partial charge < -0.3 is 5.11 Å². The molecule has 20 heavy (non-hydrogen) atoms. The molecule has 0 unspecified atom stereocenters. The molecule has 0 spiro atoms. The molecule has 0 radical (unpaired) electrons. The minimum atomic E-state index is -0.426. The number of aliphatic hydroxyl groups is 1. The number of hydrogen-bond donors (Lipinski definition) is 1. The third-order valence-corrected chi connectivity index (χ3v) is 5.18. The maximum atomic E-state index is 9.58. The van der Waals surface area contributed by atoms with Gasteiger partial charge in [-0.15, -0.1) is 11.8 Å². The zero-order valence-corrected chi connectivity index (χ0v) is 14.4. The summed E-state index contributed by atoms with van der Waals surface area (Å²) in [6.45, 7) is 6.05. The lowest BCUT2D eigenvalue weighted by molar-refractivity contribution is 0.199. The summed E-state index contributed by atoms with van der Waals surface area (Å²) in [7, 11) is 0. The quantitative estimate of drug-likeness (QED) is 0.743. The highest BCUT2D eigenvalue weighted by atomic mass is 79.9. The SMILES string of the molecule is Cc1cc(C)cc(CSc2ccc([C@H](C)O)cc2Br)c1. The Labute approximate surface area is 133 Å². The van der Waals surface area contributed by atoms with Crippen molar-refractivity contribution in [3.05, 3.63) is 63.1 Å². The molecule has 0 aliphatic carbocycles. The van der Waals surface area contributed by atoms with Gasteiger partial charge in [0.05, 0.1) is 6.10 Å². The molecule has 1 N–H and O–H groups in total. The number of aryl methyl sites for hydroxylation is 2. The molecule has 2 aromatic rings. The summed E-state index contributed by atoms with van der Waals surface area (Å²) in [6, 6.07) is 12.7. The van der Waals surface area contributed by atoms with Gasteiger partial charge in [-0.25, -0.2) is 0 Å². The van der Waals surface area contributed by atoms with E-state index in [0.29, 0.717) is 0 Å². The fourth-order valence-electron chi connectivity index (χ4n) is 2.21. The van der Waals surface area contributed by atoms with E-state index in [2.05, 4.69) is 54.0 Å². The van der Waals surface area contributed by atoms with Crippen molar-refractivity contribution in [3.8, 4) is 0 Å². The first-order valence-electron chi connectivity index (χ1n) is 6.63. The zero-order chi connectivity index (χ0) is 14.7. The van der Waals surface area contributed by atoms with Crippen molar-refractivity contribution in [2.45, 2.75) is 37.5 Å². The van der Waals surface area contributed by atoms with E-state index < -0.39 is 6.10 Å². The molecule has 0 aliphatic heterocycles. The van der Waals surface area contributed by atoms with Crippen LogP contribution in [0.4, 0.5) is 0 Å². The van der Waals surface area contributed by atoms with Crippen LogP contribution in [0.5, 0.6) is 0 Å². The molecule has 0 saturated carbocycles. The summed E-state index contributed by atoms with van der Waals surface area (Å²) in [5, 5.41) is 9.58. The van der Waals surface area contributed by atoms with Crippen LogP contribution in [0, 0.1) is 13.8 Å². The fourth-order valence-corrected chi connectivity index (χ4v) is 3.80. The Hall–Kier alpha value is -0.770. The molecule has 0 fully saturated rings. The highest BCUT2D eigenvalue weighted by Crippen LogP contribution is 2.32. The van der Waals surface area contributed by atoms with Gasteiger partial charge in [0.25, 0.3) is 0 Å². The summed E-state index contributed by atoms with van der Waals surface area (Å²) in [5.74, 6) is 0.954. The van der Waals surface area contributed by atoms with Crippen LogP contribution in [0.3, 0.4) is 0 Å². The molecule has 2 aromatic carbocycles. The van der Waals surface area contributed by atoms with Crippen LogP contribution < -0.4 is 0 Å². The molecular weight excluding hydrogens is 332 g/mol. The van der Waals surface area contributed by atoms with Crippen molar-refractivity contribution in [1.29, 1.82) is 0 Å². The summed E-state index contributed by atoms with van der Waals surface area (Å²) in [4.78, 5) is 1.20. The van der Waals surface area contributed by atoms with E-state index >= 15 is 0 Å². The molecule has 0 amide bonds. The molecule has 0 heterocycles. The van der Waals surface area contributed by atoms with Crippen LogP contribution in [0.1, 0.15) is 35.3 Å². The van der Waals surface area contributed by atoms with Crippen LogP contribution >= 0.6 is 27.7 Å². The Morgan fingerprint density at radius 2 is 1.75 bits per heavy atom. The number of rotatable bonds is 4. The average Bonchev–Trinajstić information content (AvgIpc) is 2.36. The smallest absolute Gasteiger partial charge is 0.0762 e. The summed E-state index contributed by atoms with van der Waals surface area (Å²) in [6.07, 6.45) is -0.426. The van der Waals surface area contributed by atoms with Gasteiger partial charge in [-0.1, -0.05) is 35.4 Å². The van der Waals surface area contributed by atoms with E-state index in [1.807, 2.05) is 23.9 Å². The fraction of sp³-hybridized carbons (Fsp3) is 0.294. The highest BCUT2D eigenvalue weighted by molar-refractivity contribution is 9.10. The molecule has 1 nitrogen and oxygen atoms in total. The molecule has 1 atom stereocenters. The predicted molar refractivity (Wildman–Crippen MR) is 90.3 cm³/mol. The lowest BCUT2D eigenvalue weighted by Gasteiger charge is -2.10. The van der Waals surface area contributed by atoms with Crippen molar-refractivity contribution in [2.24, 2.45) is 0 Å². The molecule has 2 rings (SSSR count). The van der Waals surface area contributed by atoms with Gasteiger partial charge in [0.2, 0.25) is 0 Å². The van der Waals surface area contributed by atoms with Crippen molar-refractivity contribution in [1.82, 2.24) is 0 Å². The molecule has 0 aliphatic rings. The maximum absolute atomic E-state index is 9.58. The Morgan fingerprint density at radius 1 is 1.10 bits per heavy atom. The Kier molecular flexibility index (Phi) is 5.30. The minimum Gasteiger partial charge on any atom is -0.389 e. The largest absolute Gasteiger partial charge is 0.389 e. The van der Waals surface area contributed by atoms with Gasteiger partial charge in [0.1, 0.15) is 0 Å². The van der Waals surface area contributed by atoms with Crippen molar-refractivity contribution >= 4 is 27.7 Å². The Morgan fingerprint density at radius 3 is 2.30 bits per heavy atom. The first-order valence-corrected chi connectivity index (χ1v) is 8.41. The summed E-state index contributed by atoms with van der Waals surface area (Å²) >= 11 is 5.40. The molecule has 0 bridgehead atoms. The summed E-state index contributed by atoms with van der Waals surface area (Å²) in [5.41, 5.74) is 4.90. The lowest BCUT2D eigenvalue weighted by Crippen LogP contribution is -1.91. The topological polar surface area (TPSA) is 20.2 Å². The first-order chi connectivity index (χ1) is 9.45. The second-order valence-corrected chi connectivity index (χ2v) is 7.02. The third kappa shape index (κ3) is 4.11. The number of thioether (sulfide) groups is 1. The van der Waals surface area contributed by atoms with Crippen LogP contribution in [0.2, 0.25) is 0 Å². The van der Waals surface area contributed by atoms with Crippen molar-refractivity contribution in [3.63, 3.8) is 0 Å². The van der Waals surface area contributed by atoms with Gasteiger partial charge in [0, 0.05) is 15.1 Å². The number of halogens is 1. The van der Waals surface area contributed by atoms with E-state index in [1.54, 1.807) is 6.92 Å². The van der Waals surface area contributed by atoms with Crippen LogP contribution in [0.25, 0.3) is 0 Å². The predicted octanol–water partition coefficient (Wildman–Crippen LogP) is 5.41. The van der Waals surface area contributed by atoms with Gasteiger partial charge in [0.15, 0.2) is 0 Å². The minimum absolute atomic E-state index is 0.426. The Balaban J connectivity index is 2.11. The lowest BCUT2D eigenvalue weighted by atomic mass is 10.1. The van der Waals surface area contributed by atoms with E-state index in [-0.39, 0.29) is 0 Å². The van der Waals surface area contributed by atoms with Gasteiger partial charge in [-0.2, -0.15) is 0 Å². The van der Waals surface area contributed by atoms with Crippen molar-refractivity contribution in [2.75, 3.05) is 0 Å². The normalized spacial score (nSPS) is 12.4. The van der Waals surface area contributed by atoms with Crippen LogP contribution in [-0.4, -0.2) is 5.11 Å². The highest BCUT2D eigenvalue weighted by Gasteiger charge is 2.06. The average molecular weight is 351 g/mol. The molecule has 0 saturated heterocycles. The number of benzene rings is 2. The van der Waals surface area contributed by atoms with E-state index in [0.717, 1.165) is 15.8 Å². The number of aliphatic hydroxyl groups excluding tert-OH is 1. The van der Waals surface area contributed by atoms with Gasteiger partial charge in [-0.3, -0.25) is 0 Å². The van der Waals surface area contributed by atoms with E-state index in [1.165, 1.54) is 21.6 Å². The van der Waals surface area contributed by atoms with Crippen LogP contribution in [0.15, 0.2) is 45.8 Å². The monoisotopic (exact) mass is 350 g/mol. The molecule has 0 aromatic heterocycles. The number of hydrogen-bond acceptors (Lipinski definition) is 2. The second-order valence-electron chi connectivity index (χ2n) is 5.15. The summed E-state index contributed by atoms with van der Waals surface area (Å²) < 4.78 is 1.05. The maximum Gasteiger partial charge on any atom is 0.0762 e. The van der Waals surface area contributed by atoms with Crippen LogP contribution in [-0.2, 0) is 5.75 Å². The molecule has 106 valence electrons. The third-order valence-electron chi connectivity index (χ3n) is 3.11. The first kappa shape index (κ1) is 15.6. The standard InChI is InChI=1S/C17H19BrOS/c1-11-6-12(2)8-14(7-11)10-20-17-5-4-15(13(3)19)9-16(17)18/h4-9,13,19H,10H2,1-3H3/t13-/m0/s1. The van der Waals surface area contributed by atoms with Gasteiger partial charge in [-0.05, 0) is 60.0 Å².